The fourth-order valence-electron chi connectivity index (χ4n) is 3.92. The molecule has 0 saturated carbocycles. The molecule has 2 aromatic heterocycles. The van der Waals surface area contributed by atoms with Crippen molar-refractivity contribution < 1.29 is 4.79 Å². The van der Waals surface area contributed by atoms with E-state index in [-0.39, 0.29) is 17.2 Å². The van der Waals surface area contributed by atoms with Crippen molar-refractivity contribution in [1.82, 2.24) is 24.1 Å². The van der Waals surface area contributed by atoms with Crippen LogP contribution in [0.2, 0.25) is 0 Å². The van der Waals surface area contributed by atoms with Crippen molar-refractivity contribution in [2.45, 2.75) is 51.4 Å². The minimum absolute atomic E-state index is 0.0144. The SMILES string of the molecule is CCCCCn1c(=O)c2ccccc2n2c(SCC(=O)N(C)Cc3ccccc3C)nnc12. The number of fused-ring (bicyclic) bond motifs is 3. The van der Waals surface area contributed by atoms with Gasteiger partial charge in [0.1, 0.15) is 0 Å². The number of nitrogens with zero attached hydrogens (tertiary/aromatic N) is 5. The Morgan fingerprint density at radius 2 is 1.82 bits per heavy atom. The van der Waals surface area contributed by atoms with Crippen LogP contribution in [0.15, 0.2) is 58.5 Å². The van der Waals surface area contributed by atoms with Gasteiger partial charge in [0.25, 0.3) is 5.56 Å². The fraction of sp³-hybridized carbons (Fsp3) is 0.360. The molecular formula is C25H29N5O2S. The molecule has 8 heteroatoms. The van der Waals surface area contributed by atoms with Crippen LogP contribution < -0.4 is 5.56 Å². The molecule has 0 bridgehead atoms. The first kappa shape index (κ1) is 23.0. The zero-order chi connectivity index (χ0) is 23.4. The number of para-hydroxylation sites is 1. The topological polar surface area (TPSA) is 72.5 Å². The number of hydrogen-bond acceptors (Lipinski definition) is 5. The second-order valence-corrected chi connectivity index (χ2v) is 9.21. The number of carbonyl (C=O) groups is 1. The zero-order valence-electron chi connectivity index (χ0n) is 19.3. The van der Waals surface area contributed by atoms with E-state index in [0.717, 1.165) is 30.3 Å². The summed E-state index contributed by atoms with van der Waals surface area (Å²) >= 11 is 1.35. The van der Waals surface area contributed by atoms with E-state index < -0.39 is 0 Å². The van der Waals surface area contributed by atoms with E-state index in [1.165, 1.54) is 17.3 Å². The lowest BCUT2D eigenvalue weighted by atomic mass is 10.1. The lowest BCUT2D eigenvalue weighted by molar-refractivity contribution is -0.127. The van der Waals surface area contributed by atoms with Crippen molar-refractivity contribution in [3.05, 3.63) is 70.0 Å². The molecule has 0 N–H and O–H groups in total. The molecule has 7 nitrogen and oxygen atoms in total. The van der Waals surface area contributed by atoms with E-state index in [1.807, 2.05) is 53.9 Å². The molecule has 2 heterocycles. The Bertz CT molecular complexity index is 1340. The molecule has 0 radical (unpaired) electrons. The van der Waals surface area contributed by atoms with E-state index >= 15 is 0 Å². The third kappa shape index (κ3) is 4.80. The first-order valence-electron chi connectivity index (χ1n) is 11.3. The Balaban J connectivity index is 1.60. The maximum absolute atomic E-state index is 13.1. The normalized spacial score (nSPS) is 11.4. The van der Waals surface area contributed by atoms with Gasteiger partial charge in [0.05, 0.1) is 16.7 Å². The minimum Gasteiger partial charge on any atom is -0.341 e. The fourth-order valence-corrected chi connectivity index (χ4v) is 4.80. The number of aryl methyl sites for hydroxylation is 2. The van der Waals surface area contributed by atoms with Gasteiger partial charge >= 0.3 is 0 Å². The highest BCUT2D eigenvalue weighted by Crippen LogP contribution is 2.22. The monoisotopic (exact) mass is 463 g/mol. The molecule has 0 fully saturated rings. The molecule has 4 rings (SSSR count). The average Bonchev–Trinajstić information content (AvgIpc) is 3.25. The molecule has 172 valence electrons. The van der Waals surface area contributed by atoms with Gasteiger partial charge in [-0.1, -0.05) is 67.9 Å². The van der Waals surface area contributed by atoms with E-state index in [0.29, 0.717) is 29.4 Å². The van der Waals surface area contributed by atoms with E-state index in [4.69, 9.17) is 0 Å². The number of aromatic nitrogens is 4. The van der Waals surface area contributed by atoms with Gasteiger partial charge in [-0.25, -0.2) is 0 Å². The number of benzene rings is 2. The molecule has 4 aromatic rings. The summed E-state index contributed by atoms with van der Waals surface area (Å²) in [4.78, 5) is 27.7. The number of thioether (sulfide) groups is 1. The lowest BCUT2D eigenvalue weighted by Gasteiger charge is -2.18. The smallest absolute Gasteiger partial charge is 0.262 e. The predicted molar refractivity (Wildman–Crippen MR) is 133 cm³/mol. The molecule has 0 aliphatic carbocycles. The highest BCUT2D eigenvalue weighted by molar-refractivity contribution is 7.99. The molecular weight excluding hydrogens is 434 g/mol. The van der Waals surface area contributed by atoms with Gasteiger partial charge in [-0.3, -0.25) is 18.6 Å². The van der Waals surface area contributed by atoms with Crippen LogP contribution in [0, 0.1) is 6.92 Å². The first-order valence-corrected chi connectivity index (χ1v) is 12.3. The molecule has 0 atom stereocenters. The van der Waals surface area contributed by atoms with Gasteiger partial charge in [-0.2, -0.15) is 0 Å². The summed E-state index contributed by atoms with van der Waals surface area (Å²) in [7, 11) is 1.82. The van der Waals surface area contributed by atoms with Gasteiger partial charge in [0, 0.05) is 20.1 Å². The third-order valence-electron chi connectivity index (χ3n) is 5.88. The van der Waals surface area contributed by atoms with Gasteiger partial charge in [0.15, 0.2) is 5.16 Å². The minimum atomic E-state index is -0.0489. The Labute approximate surface area is 197 Å². The quantitative estimate of drug-likeness (QED) is 0.273. The van der Waals surface area contributed by atoms with Crippen LogP contribution >= 0.6 is 11.8 Å². The van der Waals surface area contributed by atoms with Crippen molar-refractivity contribution in [1.29, 1.82) is 0 Å². The van der Waals surface area contributed by atoms with E-state index in [1.54, 1.807) is 9.47 Å². The highest BCUT2D eigenvalue weighted by Gasteiger charge is 2.18. The Morgan fingerprint density at radius 1 is 1.06 bits per heavy atom. The van der Waals surface area contributed by atoms with Crippen LogP contribution in [0.25, 0.3) is 16.7 Å². The molecule has 0 aliphatic rings. The molecule has 33 heavy (non-hydrogen) atoms. The number of rotatable bonds is 9. The van der Waals surface area contributed by atoms with Crippen LogP contribution in [-0.4, -0.2) is 42.8 Å². The van der Waals surface area contributed by atoms with Crippen LogP contribution in [0.4, 0.5) is 0 Å². The Kier molecular flexibility index (Phi) is 7.13. The highest BCUT2D eigenvalue weighted by atomic mass is 32.2. The van der Waals surface area contributed by atoms with Crippen molar-refractivity contribution in [3.8, 4) is 0 Å². The number of amides is 1. The zero-order valence-corrected chi connectivity index (χ0v) is 20.1. The maximum Gasteiger partial charge on any atom is 0.262 e. The molecule has 1 amide bonds. The third-order valence-corrected chi connectivity index (χ3v) is 6.80. The second kappa shape index (κ2) is 10.2. The van der Waals surface area contributed by atoms with E-state index in [2.05, 4.69) is 30.1 Å². The van der Waals surface area contributed by atoms with Gasteiger partial charge in [-0.15, -0.1) is 10.2 Å². The Morgan fingerprint density at radius 3 is 2.61 bits per heavy atom. The summed E-state index contributed by atoms with van der Waals surface area (Å²) in [5.41, 5.74) is 3.01. The maximum atomic E-state index is 13.1. The number of hydrogen-bond donors (Lipinski definition) is 0. The summed E-state index contributed by atoms with van der Waals surface area (Å²) < 4.78 is 3.61. The molecule has 0 aliphatic heterocycles. The molecule has 0 saturated heterocycles. The summed E-state index contributed by atoms with van der Waals surface area (Å²) in [6.07, 6.45) is 3.02. The van der Waals surface area contributed by atoms with Crippen LogP contribution in [0.1, 0.15) is 37.3 Å². The molecule has 0 unspecified atom stereocenters. The van der Waals surface area contributed by atoms with E-state index in [9.17, 15) is 9.59 Å². The standard InChI is InChI=1S/C25H29N5O2S/c1-4-5-10-15-29-23(32)20-13-8-9-14-21(20)30-24(29)26-27-25(30)33-17-22(31)28(3)16-19-12-7-6-11-18(19)2/h6-9,11-14H,4-5,10,15-17H2,1-3H3. The van der Waals surface area contributed by atoms with Crippen LogP contribution in [-0.2, 0) is 17.9 Å². The summed E-state index contributed by atoms with van der Waals surface area (Å²) in [6, 6.07) is 15.6. The van der Waals surface area contributed by atoms with Gasteiger partial charge in [0.2, 0.25) is 11.7 Å². The van der Waals surface area contributed by atoms with Gasteiger partial charge < -0.3 is 4.90 Å². The van der Waals surface area contributed by atoms with Crippen molar-refractivity contribution in [3.63, 3.8) is 0 Å². The first-order chi connectivity index (χ1) is 16.0. The summed E-state index contributed by atoms with van der Waals surface area (Å²) in [5.74, 6) is 0.783. The van der Waals surface area contributed by atoms with Crippen LogP contribution in [0.3, 0.4) is 0 Å². The summed E-state index contributed by atoms with van der Waals surface area (Å²) in [5, 5.41) is 9.94. The predicted octanol–water partition coefficient (Wildman–Crippen LogP) is 4.29. The Hall–Kier alpha value is -3.13. The largest absolute Gasteiger partial charge is 0.341 e. The van der Waals surface area contributed by atoms with Crippen molar-refractivity contribution in [2.75, 3.05) is 12.8 Å². The second-order valence-electron chi connectivity index (χ2n) is 8.26. The average molecular weight is 464 g/mol. The van der Waals surface area contributed by atoms with Crippen molar-refractivity contribution in [2.24, 2.45) is 0 Å². The molecule has 0 spiro atoms. The van der Waals surface area contributed by atoms with Crippen LogP contribution in [0.5, 0.6) is 0 Å². The lowest BCUT2D eigenvalue weighted by Crippen LogP contribution is -2.28. The molecule has 2 aromatic carbocycles. The van der Waals surface area contributed by atoms with Gasteiger partial charge in [-0.05, 0) is 36.6 Å². The number of carbonyl (C=O) groups excluding carboxylic acids is 1. The van der Waals surface area contributed by atoms with Crippen molar-refractivity contribution >= 4 is 34.3 Å². The summed E-state index contributed by atoms with van der Waals surface area (Å²) in [6.45, 7) is 5.35. The number of unbranched alkanes of at least 4 members (excludes halogenated alkanes) is 2.